The molecule has 2 rings (SSSR count). The van der Waals surface area contributed by atoms with Gasteiger partial charge in [-0.3, -0.25) is 9.78 Å². The van der Waals surface area contributed by atoms with Gasteiger partial charge in [0.15, 0.2) is 0 Å². The summed E-state index contributed by atoms with van der Waals surface area (Å²) in [6, 6.07) is 0.0534. The normalized spacial score (nSPS) is 22.3. The number of hydrogen-bond acceptors (Lipinski definition) is 5. The van der Waals surface area contributed by atoms with Crippen LogP contribution in [-0.4, -0.2) is 29.1 Å². The summed E-state index contributed by atoms with van der Waals surface area (Å²) in [5.41, 5.74) is 0. The molecule has 1 aromatic rings. The number of aromatic amines is 1. The maximum atomic E-state index is 10.8. The molecule has 2 N–H and O–H groups in total. The van der Waals surface area contributed by atoms with E-state index in [4.69, 9.17) is 4.74 Å². The Morgan fingerprint density at radius 1 is 1.62 bits per heavy atom. The summed E-state index contributed by atoms with van der Waals surface area (Å²) in [6.07, 6.45) is 0. The molecule has 1 aliphatic rings. The number of hydrogen-bond donors (Lipinski definition) is 2. The van der Waals surface area contributed by atoms with Crippen molar-refractivity contribution in [1.82, 2.24) is 14.7 Å². The molecule has 0 aliphatic carbocycles. The van der Waals surface area contributed by atoms with Crippen LogP contribution in [0.15, 0.2) is 4.79 Å². The number of nitrogens with one attached hydrogen (secondary N) is 2. The lowest BCUT2D eigenvalue weighted by atomic mass is 10.3. The van der Waals surface area contributed by atoms with Crippen LogP contribution < -0.4 is 10.2 Å². The van der Waals surface area contributed by atoms with Crippen molar-refractivity contribution in [2.24, 2.45) is 0 Å². The molecule has 1 aromatic heterocycles. The van der Waals surface area contributed by atoms with Gasteiger partial charge < -0.3 is 10.1 Å². The molecule has 7 heteroatoms. The summed E-state index contributed by atoms with van der Waals surface area (Å²) >= 11 is 0.941. The average molecular weight is 224 g/mol. The number of aromatic nitrogens is 2. The largest absolute Gasteiger partial charge is 0.378 e. The van der Waals surface area contributed by atoms with Crippen molar-refractivity contribution in [3.05, 3.63) is 15.5 Å². The SMILES string of the molecule is Cl.O=c1[nH]c([C@@H]2COCCN2)ns1. The lowest BCUT2D eigenvalue weighted by Crippen LogP contribution is -2.35. The third-order valence-electron chi connectivity index (χ3n) is 1.71. The van der Waals surface area contributed by atoms with Crippen LogP contribution in [0.25, 0.3) is 0 Å². The van der Waals surface area contributed by atoms with Crippen molar-refractivity contribution >= 4 is 23.9 Å². The second-order valence-corrected chi connectivity index (χ2v) is 3.30. The average Bonchev–Trinajstić information content (AvgIpc) is 2.54. The smallest absolute Gasteiger partial charge is 0.323 e. The third-order valence-corrected chi connectivity index (χ3v) is 2.26. The highest BCUT2D eigenvalue weighted by Crippen LogP contribution is 2.09. The lowest BCUT2D eigenvalue weighted by Gasteiger charge is -2.21. The molecule has 1 atom stereocenters. The molecule has 0 unspecified atom stereocenters. The molecule has 1 fully saturated rings. The molecule has 0 radical (unpaired) electrons. The van der Waals surface area contributed by atoms with E-state index < -0.39 is 0 Å². The number of H-pyrrole nitrogens is 1. The summed E-state index contributed by atoms with van der Waals surface area (Å²) < 4.78 is 9.20. The van der Waals surface area contributed by atoms with Gasteiger partial charge in [0.25, 0.3) is 0 Å². The first kappa shape index (κ1) is 10.6. The van der Waals surface area contributed by atoms with Crippen LogP contribution in [0.2, 0.25) is 0 Å². The Morgan fingerprint density at radius 3 is 3.00 bits per heavy atom. The van der Waals surface area contributed by atoms with Crippen molar-refractivity contribution in [3.8, 4) is 0 Å². The van der Waals surface area contributed by atoms with Gasteiger partial charge >= 0.3 is 4.87 Å². The van der Waals surface area contributed by atoms with Crippen molar-refractivity contribution < 1.29 is 4.74 Å². The van der Waals surface area contributed by atoms with Crippen LogP contribution >= 0.6 is 23.9 Å². The minimum atomic E-state index is -0.114. The molecule has 0 aromatic carbocycles. The highest BCUT2D eigenvalue weighted by molar-refractivity contribution is 7.02. The van der Waals surface area contributed by atoms with Gasteiger partial charge in [-0.2, -0.15) is 4.37 Å². The van der Waals surface area contributed by atoms with Gasteiger partial charge in [-0.15, -0.1) is 12.4 Å². The van der Waals surface area contributed by atoms with Crippen LogP contribution in [-0.2, 0) is 4.74 Å². The molecule has 0 saturated carbocycles. The quantitative estimate of drug-likeness (QED) is 0.699. The zero-order chi connectivity index (χ0) is 8.39. The van der Waals surface area contributed by atoms with E-state index in [2.05, 4.69) is 14.7 Å². The Morgan fingerprint density at radius 2 is 2.46 bits per heavy atom. The first-order chi connectivity index (χ1) is 5.86. The zero-order valence-corrected chi connectivity index (χ0v) is 8.41. The van der Waals surface area contributed by atoms with Gasteiger partial charge in [-0.05, 0) is 0 Å². The number of nitrogens with zero attached hydrogens (tertiary/aromatic N) is 1. The van der Waals surface area contributed by atoms with E-state index in [-0.39, 0.29) is 23.3 Å². The number of halogens is 1. The fraction of sp³-hybridized carbons (Fsp3) is 0.667. The Balaban J connectivity index is 0.000000845. The highest BCUT2D eigenvalue weighted by Gasteiger charge is 2.17. The summed E-state index contributed by atoms with van der Waals surface area (Å²) in [7, 11) is 0. The van der Waals surface area contributed by atoms with Gasteiger partial charge in [-0.25, -0.2) is 0 Å². The topological polar surface area (TPSA) is 67.0 Å². The number of rotatable bonds is 1. The van der Waals surface area contributed by atoms with E-state index >= 15 is 0 Å². The second kappa shape index (κ2) is 4.71. The molecule has 2 heterocycles. The summed E-state index contributed by atoms with van der Waals surface area (Å²) in [5.74, 6) is 0.685. The first-order valence-corrected chi connectivity index (χ1v) is 4.50. The fourth-order valence-corrected chi connectivity index (χ4v) is 1.64. The van der Waals surface area contributed by atoms with E-state index in [0.29, 0.717) is 12.4 Å². The molecular weight excluding hydrogens is 214 g/mol. The van der Waals surface area contributed by atoms with E-state index in [1.165, 1.54) is 0 Å². The standard InChI is InChI=1S/C6H9N3O2S.ClH/c10-6-8-5(9-12-6)4-3-11-2-1-7-4;/h4,7H,1-3H2,(H,8,9,10);1H/t4-;/m0./s1. The minimum absolute atomic E-state index is 0. The molecular formula is C6H10ClN3O2S. The molecule has 1 saturated heterocycles. The Bertz CT molecular complexity index is 307. The zero-order valence-electron chi connectivity index (χ0n) is 6.78. The number of ether oxygens (including phenoxy) is 1. The summed E-state index contributed by atoms with van der Waals surface area (Å²) in [6.45, 7) is 2.12. The van der Waals surface area contributed by atoms with Crippen LogP contribution in [0.5, 0.6) is 0 Å². The summed E-state index contributed by atoms with van der Waals surface area (Å²) in [4.78, 5) is 13.3. The van der Waals surface area contributed by atoms with Crippen LogP contribution in [0, 0.1) is 0 Å². The molecule has 0 spiro atoms. The summed E-state index contributed by atoms with van der Waals surface area (Å²) in [5, 5.41) is 3.20. The maximum Gasteiger partial charge on any atom is 0.323 e. The molecule has 13 heavy (non-hydrogen) atoms. The predicted octanol–water partition coefficient (Wildman–Crippen LogP) is -0.0859. The van der Waals surface area contributed by atoms with Crippen molar-refractivity contribution in [2.75, 3.05) is 19.8 Å². The van der Waals surface area contributed by atoms with Crippen molar-refractivity contribution in [3.63, 3.8) is 0 Å². The van der Waals surface area contributed by atoms with Crippen LogP contribution in [0.3, 0.4) is 0 Å². The third kappa shape index (κ3) is 2.50. The van der Waals surface area contributed by atoms with Gasteiger partial charge in [0.05, 0.1) is 19.3 Å². The molecule has 1 aliphatic heterocycles. The predicted molar refractivity (Wildman–Crippen MR) is 51.5 cm³/mol. The van der Waals surface area contributed by atoms with Crippen molar-refractivity contribution in [2.45, 2.75) is 6.04 Å². The maximum absolute atomic E-state index is 10.8. The van der Waals surface area contributed by atoms with E-state index in [0.717, 1.165) is 24.7 Å². The van der Waals surface area contributed by atoms with E-state index in [1.54, 1.807) is 0 Å². The highest BCUT2D eigenvalue weighted by atomic mass is 35.5. The fourth-order valence-electron chi connectivity index (χ4n) is 1.13. The van der Waals surface area contributed by atoms with Gasteiger partial charge in [-0.1, -0.05) is 0 Å². The number of morpholine rings is 1. The van der Waals surface area contributed by atoms with Gasteiger partial charge in [0.1, 0.15) is 5.82 Å². The van der Waals surface area contributed by atoms with Crippen LogP contribution in [0.1, 0.15) is 11.9 Å². The Kier molecular flexibility index (Phi) is 3.86. The minimum Gasteiger partial charge on any atom is -0.378 e. The van der Waals surface area contributed by atoms with Gasteiger partial charge in [0, 0.05) is 18.1 Å². The van der Waals surface area contributed by atoms with E-state index in [1.807, 2.05) is 0 Å². The Hall–Kier alpha value is -0.430. The molecule has 74 valence electrons. The first-order valence-electron chi connectivity index (χ1n) is 3.73. The Labute approximate surface area is 85.1 Å². The van der Waals surface area contributed by atoms with Gasteiger partial charge in [0.2, 0.25) is 0 Å². The van der Waals surface area contributed by atoms with Crippen LogP contribution in [0.4, 0.5) is 0 Å². The molecule has 0 amide bonds. The monoisotopic (exact) mass is 223 g/mol. The second-order valence-electron chi connectivity index (χ2n) is 2.56. The molecule has 0 bridgehead atoms. The van der Waals surface area contributed by atoms with E-state index in [9.17, 15) is 4.79 Å². The lowest BCUT2D eigenvalue weighted by molar-refractivity contribution is 0.0745. The molecule has 5 nitrogen and oxygen atoms in total. The van der Waals surface area contributed by atoms with Crippen molar-refractivity contribution in [1.29, 1.82) is 0 Å².